The second kappa shape index (κ2) is 6.05. The maximum atomic E-state index is 12.0. The first-order valence-corrected chi connectivity index (χ1v) is 6.61. The summed E-state index contributed by atoms with van der Waals surface area (Å²) in [6.45, 7) is 1.79. The van der Waals surface area contributed by atoms with Gasteiger partial charge in [-0.15, -0.1) is 0 Å². The highest BCUT2D eigenvalue weighted by Gasteiger charge is 2.55. The molecule has 1 aromatic carbocycles. The van der Waals surface area contributed by atoms with E-state index < -0.39 is 11.5 Å². The van der Waals surface area contributed by atoms with E-state index in [1.165, 1.54) is 14.0 Å². The van der Waals surface area contributed by atoms with Gasteiger partial charge in [-0.2, -0.15) is 0 Å². The lowest BCUT2D eigenvalue weighted by atomic mass is 9.73. The Morgan fingerprint density at radius 3 is 2.55 bits per heavy atom. The predicted molar refractivity (Wildman–Crippen MR) is 72.8 cm³/mol. The third-order valence-electron chi connectivity index (χ3n) is 3.59. The van der Waals surface area contributed by atoms with E-state index in [1.54, 1.807) is 0 Å². The topological polar surface area (TPSA) is 64.6 Å². The Kier molecular flexibility index (Phi) is 4.39. The Morgan fingerprint density at radius 1 is 1.35 bits per heavy atom. The average molecular weight is 277 g/mol. The van der Waals surface area contributed by atoms with Crippen molar-refractivity contribution in [2.24, 2.45) is 0 Å². The largest absolute Gasteiger partial charge is 0.467 e. The summed E-state index contributed by atoms with van der Waals surface area (Å²) in [4.78, 5) is 23.3. The van der Waals surface area contributed by atoms with E-state index in [1.807, 2.05) is 30.3 Å². The highest BCUT2D eigenvalue weighted by Crippen LogP contribution is 2.36. The first kappa shape index (κ1) is 14.5. The van der Waals surface area contributed by atoms with Crippen LogP contribution in [0.15, 0.2) is 30.3 Å². The van der Waals surface area contributed by atoms with Gasteiger partial charge in [0.2, 0.25) is 5.91 Å². The molecule has 1 fully saturated rings. The number of hydrogen-bond acceptors (Lipinski definition) is 4. The Morgan fingerprint density at radius 2 is 2.05 bits per heavy atom. The first-order chi connectivity index (χ1) is 9.58. The third-order valence-corrected chi connectivity index (χ3v) is 3.59. The number of hydrogen-bond donors (Lipinski definition) is 1. The highest BCUT2D eigenvalue weighted by molar-refractivity contribution is 5.89. The van der Waals surface area contributed by atoms with Gasteiger partial charge in [0, 0.05) is 6.92 Å². The first-order valence-electron chi connectivity index (χ1n) is 6.61. The average Bonchev–Trinajstić information content (AvgIpc) is 2.43. The SMILES string of the molecule is COC(=O)C1(NC(C)=O)CCC1OCc1ccccc1. The summed E-state index contributed by atoms with van der Waals surface area (Å²) in [5, 5.41) is 2.69. The molecule has 0 saturated heterocycles. The number of benzene rings is 1. The Balaban J connectivity index is 2.03. The van der Waals surface area contributed by atoms with Crippen molar-refractivity contribution in [1.29, 1.82) is 0 Å². The lowest BCUT2D eigenvalue weighted by molar-refractivity contribution is -0.171. The van der Waals surface area contributed by atoms with Crippen molar-refractivity contribution in [2.45, 2.75) is 38.0 Å². The molecule has 1 saturated carbocycles. The van der Waals surface area contributed by atoms with E-state index in [0.717, 1.165) is 12.0 Å². The molecule has 0 heterocycles. The van der Waals surface area contributed by atoms with Crippen molar-refractivity contribution in [3.63, 3.8) is 0 Å². The molecule has 0 bridgehead atoms. The molecule has 1 aliphatic rings. The van der Waals surface area contributed by atoms with Crippen LogP contribution in [0.2, 0.25) is 0 Å². The Hall–Kier alpha value is -1.88. The van der Waals surface area contributed by atoms with Crippen LogP contribution >= 0.6 is 0 Å². The van der Waals surface area contributed by atoms with Gasteiger partial charge in [-0.05, 0) is 18.4 Å². The van der Waals surface area contributed by atoms with Gasteiger partial charge in [-0.25, -0.2) is 4.79 Å². The van der Waals surface area contributed by atoms with E-state index >= 15 is 0 Å². The van der Waals surface area contributed by atoms with Crippen molar-refractivity contribution in [3.8, 4) is 0 Å². The van der Waals surface area contributed by atoms with Crippen molar-refractivity contribution < 1.29 is 19.1 Å². The second-order valence-electron chi connectivity index (χ2n) is 4.97. The predicted octanol–water partition coefficient (Wildman–Crippen LogP) is 1.41. The van der Waals surface area contributed by atoms with Crippen LogP contribution in [0, 0.1) is 0 Å². The van der Waals surface area contributed by atoms with Gasteiger partial charge < -0.3 is 14.8 Å². The lowest BCUT2D eigenvalue weighted by Crippen LogP contribution is -2.68. The third kappa shape index (κ3) is 2.82. The summed E-state index contributed by atoms with van der Waals surface area (Å²) >= 11 is 0. The molecule has 5 heteroatoms. The number of methoxy groups -OCH3 is 1. The zero-order valence-corrected chi connectivity index (χ0v) is 11.7. The number of nitrogens with one attached hydrogen (secondary N) is 1. The van der Waals surface area contributed by atoms with Crippen molar-refractivity contribution >= 4 is 11.9 Å². The molecule has 20 heavy (non-hydrogen) atoms. The normalized spacial score (nSPS) is 24.6. The van der Waals surface area contributed by atoms with E-state index in [2.05, 4.69) is 5.32 Å². The molecule has 1 aromatic rings. The molecule has 1 N–H and O–H groups in total. The van der Waals surface area contributed by atoms with Crippen LogP contribution in [0.1, 0.15) is 25.3 Å². The van der Waals surface area contributed by atoms with Crippen LogP contribution in [0.4, 0.5) is 0 Å². The highest BCUT2D eigenvalue weighted by atomic mass is 16.5. The molecule has 0 aliphatic heterocycles. The maximum Gasteiger partial charge on any atom is 0.334 e. The fraction of sp³-hybridized carbons (Fsp3) is 0.467. The smallest absolute Gasteiger partial charge is 0.334 e. The van der Waals surface area contributed by atoms with E-state index in [0.29, 0.717) is 13.0 Å². The molecule has 1 aliphatic carbocycles. The molecule has 1 amide bonds. The van der Waals surface area contributed by atoms with Crippen molar-refractivity contribution in [3.05, 3.63) is 35.9 Å². The van der Waals surface area contributed by atoms with Gasteiger partial charge in [0.1, 0.15) is 0 Å². The molecule has 0 aromatic heterocycles. The molecule has 5 nitrogen and oxygen atoms in total. The Bertz CT molecular complexity index is 488. The van der Waals surface area contributed by atoms with Crippen LogP contribution in [0.5, 0.6) is 0 Å². The standard InChI is InChI=1S/C15H19NO4/c1-11(17)16-15(14(18)19-2)9-8-13(15)20-10-12-6-4-3-5-7-12/h3-7,13H,8-10H2,1-2H3,(H,16,17). The number of esters is 1. The molecule has 0 spiro atoms. The van der Waals surface area contributed by atoms with Crippen LogP contribution in [0.3, 0.4) is 0 Å². The molecule has 108 valence electrons. The zero-order valence-electron chi connectivity index (χ0n) is 11.7. The number of ether oxygens (including phenoxy) is 2. The van der Waals surface area contributed by atoms with Crippen molar-refractivity contribution in [1.82, 2.24) is 5.32 Å². The quantitative estimate of drug-likeness (QED) is 0.827. The van der Waals surface area contributed by atoms with E-state index in [4.69, 9.17) is 9.47 Å². The molecule has 2 rings (SSSR count). The van der Waals surface area contributed by atoms with Crippen LogP contribution in [-0.4, -0.2) is 30.6 Å². The molecule has 2 unspecified atom stereocenters. The van der Waals surface area contributed by atoms with Crippen molar-refractivity contribution in [2.75, 3.05) is 7.11 Å². The summed E-state index contributed by atoms with van der Waals surface area (Å²) in [6, 6.07) is 9.71. The number of amides is 1. The van der Waals surface area contributed by atoms with Gasteiger partial charge in [0.25, 0.3) is 0 Å². The number of carbonyl (C=O) groups excluding carboxylic acids is 2. The molecular formula is C15H19NO4. The second-order valence-corrected chi connectivity index (χ2v) is 4.97. The summed E-state index contributed by atoms with van der Waals surface area (Å²) < 4.78 is 10.6. The van der Waals surface area contributed by atoms with Gasteiger partial charge in [0.05, 0.1) is 19.8 Å². The minimum atomic E-state index is -1.03. The fourth-order valence-electron chi connectivity index (χ4n) is 2.47. The minimum absolute atomic E-state index is 0.261. The number of carbonyl (C=O) groups is 2. The fourth-order valence-corrected chi connectivity index (χ4v) is 2.47. The summed E-state index contributed by atoms with van der Waals surface area (Å²) in [7, 11) is 1.32. The summed E-state index contributed by atoms with van der Waals surface area (Å²) in [6.07, 6.45) is 0.917. The minimum Gasteiger partial charge on any atom is -0.467 e. The van der Waals surface area contributed by atoms with Crippen LogP contribution in [-0.2, 0) is 25.7 Å². The summed E-state index contributed by atoms with van der Waals surface area (Å²) in [5.41, 5.74) is -0.00368. The maximum absolute atomic E-state index is 12.0. The van der Waals surface area contributed by atoms with Crippen LogP contribution in [0.25, 0.3) is 0 Å². The van der Waals surface area contributed by atoms with Crippen LogP contribution < -0.4 is 5.32 Å². The van der Waals surface area contributed by atoms with Gasteiger partial charge in [-0.3, -0.25) is 4.79 Å². The molecule has 0 radical (unpaired) electrons. The Labute approximate surface area is 118 Å². The van der Waals surface area contributed by atoms with Gasteiger partial charge in [0.15, 0.2) is 5.54 Å². The van der Waals surface area contributed by atoms with E-state index in [-0.39, 0.29) is 12.0 Å². The van der Waals surface area contributed by atoms with Gasteiger partial charge >= 0.3 is 5.97 Å². The molecule has 2 atom stereocenters. The zero-order chi connectivity index (χ0) is 14.6. The number of rotatable bonds is 5. The van der Waals surface area contributed by atoms with Gasteiger partial charge in [-0.1, -0.05) is 30.3 Å². The molecular weight excluding hydrogens is 258 g/mol. The summed E-state index contributed by atoms with van der Waals surface area (Å²) in [5.74, 6) is -0.708. The monoisotopic (exact) mass is 277 g/mol. The van der Waals surface area contributed by atoms with E-state index in [9.17, 15) is 9.59 Å². The lowest BCUT2D eigenvalue weighted by Gasteiger charge is -2.46.